The zero-order valence-electron chi connectivity index (χ0n) is 15.2. The summed E-state index contributed by atoms with van der Waals surface area (Å²) in [7, 11) is 0. The number of para-hydroxylation sites is 1. The average Bonchev–Trinajstić information content (AvgIpc) is 2.86. The average molecular weight is 351 g/mol. The smallest absolute Gasteiger partial charge is 0.127 e. The van der Waals surface area contributed by atoms with Crippen molar-refractivity contribution in [1.29, 1.82) is 0 Å². The van der Waals surface area contributed by atoms with Gasteiger partial charge in [0.1, 0.15) is 18.7 Å². The van der Waals surface area contributed by atoms with Crippen LogP contribution in [-0.4, -0.2) is 54.3 Å². The number of fused-ring (bicyclic) bond motifs is 1. The summed E-state index contributed by atoms with van der Waals surface area (Å²) in [5, 5.41) is 0. The van der Waals surface area contributed by atoms with Crippen LogP contribution in [0.5, 0.6) is 5.75 Å². The fraction of sp³-hybridized carbons (Fsp3) is 0.429. The first-order valence-corrected chi connectivity index (χ1v) is 9.25. The van der Waals surface area contributed by atoms with E-state index in [9.17, 15) is 0 Å². The number of hydrogen-bond donors (Lipinski definition) is 0. The molecule has 2 aromatic rings. The number of ether oxygens (including phenoxy) is 2. The molecule has 136 valence electrons. The van der Waals surface area contributed by atoms with E-state index in [0.29, 0.717) is 12.5 Å². The Morgan fingerprint density at radius 2 is 2.15 bits per heavy atom. The van der Waals surface area contributed by atoms with Crippen LogP contribution in [0.15, 0.2) is 42.2 Å². The summed E-state index contributed by atoms with van der Waals surface area (Å²) in [6.07, 6.45) is 4.85. The molecule has 5 nitrogen and oxygen atoms in total. The highest BCUT2D eigenvalue weighted by molar-refractivity contribution is 5.62. The predicted octanol–water partition coefficient (Wildman–Crippen LogP) is 2.75. The van der Waals surface area contributed by atoms with Crippen LogP contribution in [0, 0.1) is 12.8 Å². The fourth-order valence-corrected chi connectivity index (χ4v) is 3.68. The SMILES string of the molecule is Cc1cc(C[C@@H]2COCCN(CC3=Cc4ccccc4OC3)C2)ncn1. The third-order valence-corrected chi connectivity index (χ3v) is 4.90. The third-order valence-electron chi connectivity index (χ3n) is 4.90. The molecule has 1 atom stereocenters. The van der Waals surface area contributed by atoms with Crippen LogP contribution in [0.2, 0.25) is 0 Å². The van der Waals surface area contributed by atoms with Gasteiger partial charge < -0.3 is 9.47 Å². The number of hydrogen-bond acceptors (Lipinski definition) is 5. The highest BCUT2D eigenvalue weighted by atomic mass is 16.5. The zero-order valence-corrected chi connectivity index (χ0v) is 15.2. The van der Waals surface area contributed by atoms with E-state index in [1.54, 1.807) is 6.33 Å². The van der Waals surface area contributed by atoms with Gasteiger partial charge >= 0.3 is 0 Å². The zero-order chi connectivity index (χ0) is 17.8. The van der Waals surface area contributed by atoms with Gasteiger partial charge in [-0.25, -0.2) is 9.97 Å². The number of aromatic nitrogens is 2. The van der Waals surface area contributed by atoms with Crippen molar-refractivity contribution in [2.45, 2.75) is 13.3 Å². The maximum Gasteiger partial charge on any atom is 0.127 e. The second-order valence-electron chi connectivity index (χ2n) is 7.16. The normalized spacial score (nSPS) is 20.7. The minimum absolute atomic E-state index is 0.448. The van der Waals surface area contributed by atoms with Crippen molar-refractivity contribution in [2.75, 3.05) is 39.5 Å². The Kier molecular flexibility index (Phi) is 5.27. The van der Waals surface area contributed by atoms with Crippen LogP contribution < -0.4 is 4.74 Å². The molecule has 0 aliphatic carbocycles. The van der Waals surface area contributed by atoms with E-state index in [1.807, 2.05) is 19.1 Å². The van der Waals surface area contributed by atoms with Crippen molar-refractivity contribution in [3.05, 3.63) is 59.2 Å². The molecular weight excluding hydrogens is 326 g/mol. The molecule has 1 aromatic carbocycles. The van der Waals surface area contributed by atoms with E-state index < -0.39 is 0 Å². The van der Waals surface area contributed by atoms with Gasteiger partial charge in [-0.2, -0.15) is 0 Å². The van der Waals surface area contributed by atoms with Crippen LogP contribution >= 0.6 is 0 Å². The van der Waals surface area contributed by atoms with E-state index in [-0.39, 0.29) is 0 Å². The molecule has 0 N–H and O–H groups in total. The molecule has 0 spiro atoms. The van der Waals surface area contributed by atoms with Gasteiger partial charge in [0.15, 0.2) is 0 Å². The maximum atomic E-state index is 5.90. The minimum atomic E-state index is 0.448. The molecule has 0 unspecified atom stereocenters. The second-order valence-corrected chi connectivity index (χ2v) is 7.16. The molecule has 2 aliphatic heterocycles. The van der Waals surface area contributed by atoms with Gasteiger partial charge in [-0.1, -0.05) is 18.2 Å². The van der Waals surface area contributed by atoms with Crippen LogP contribution in [0.1, 0.15) is 17.0 Å². The number of benzene rings is 1. The molecule has 0 amide bonds. The Morgan fingerprint density at radius 1 is 1.23 bits per heavy atom. The van der Waals surface area contributed by atoms with Gasteiger partial charge in [0.2, 0.25) is 0 Å². The van der Waals surface area contributed by atoms with Crippen molar-refractivity contribution < 1.29 is 9.47 Å². The van der Waals surface area contributed by atoms with Crippen LogP contribution in [0.25, 0.3) is 6.08 Å². The Hall–Kier alpha value is -2.24. The minimum Gasteiger partial charge on any atom is -0.489 e. The lowest BCUT2D eigenvalue weighted by Gasteiger charge is -2.26. The maximum absolute atomic E-state index is 5.90. The fourth-order valence-electron chi connectivity index (χ4n) is 3.68. The van der Waals surface area contributed by atoms with Crippen molar-refractivity contribution >= 4 is 6.08 Å². The van der Waals surface area contributed by atoms with Crippen LogP contribution in [-0.2, 0) is 11.2 Å². The molecule has 4 rings (SSSR count). The second kappa shape index (κ2) is 7.98. The quantitative estimate of drug-likeness (QED) is 0.848. The third kappa shape index (κ3) is 4.29. The first kappa shape index (κ1) is 17.2. The molecular formula is C21H25N3O2. The Balaban J connectivity index is 1.41. The molecule has 3 heterocycles. The molecule has 1 saturated heterocycles. The van der Waals surface area contributed by atoms with Gasteiger partial charge in [0.25, 0.3) is 0 Å². The highest BCUT2D eigenvalue weighted by Crippen LogP contribution is 2.26. The largest absolute Gasteiger partial charge is 0.489 e. The van der Waals surface area contributed by atoms with E-state index in [2.05, 4.69) is 39.1 Å². The summed E-state index contributed by atoms with van der Waals surface area (Å²) < 4.78 is 11.8. The summed E-state index contributed by atoms with van der Waals surface area (Å²) >= 11 is 0. The summed E-state index contributed by atoms with van der Waals surface area (Å²) in [5.41, 5.74) is 4.61. The summed E-state index contributed by atoms with van der Waals surface area (Å²) in [6, 6.07) is 10.3. The predicted molar refractivity (Wildman–Crippen MR) is 101 cm³/mol. The van der Waals surface area contributed by atoms with Crippen molar-refractivity contribution in [1.82, 2.24) is 14.9 Å². The molecule has 5 heteroatoms. The Labute approximate surface area is 154 Å². The van der Waals surface area contributed by atoms with Crippen molar-refractivity contribution in [3.8, 4) is 5.75 Å². The number of rotatable bonds is 4. The van der Waals surface area contributed by atoms with Crippen LogP contribution in [0.3, 0.4) is 0 Å². The molecule has 0 radical (unpaired) electrons. The van der Waals surface area contributed by atoms with Gasteiger partial charge in [0, 0.05) is 42.5 Å². The molecule has 26 heavy (non-hydrogen) atoms. The van der Waals surface area contributed by atoms with Gasteiger partial charge in [-0.3, -0.25) is 4.90 Å². The number of nitrogens with zero attached hydrogens (tertiary/aromatic N) is 3. The molecule has 2 aliphatic rings. The van der Waals surface area contributed by atoms with E-state index in [0.717, 1.165) is 56.4 Å². The van der Waals surface area contributed by atoms with Crippen molar-refractivity contribution in [2.24, 2.45) is 5.92 Å². The van der Waals surface area contributed by atoms with E-state index in [1.165, 1.54) is 11.1 Å². The lowest BCUT2D eigenvalue weighted by atomic mass is 10.0. The summed E-state index contributed by atoms with van der Waals surface area (Å²) in [6.45, 7) is 7.15. The van der Waals surface area contributed by atoms with Gasteiger partial charge in [0.05, 0.1) is 13.2 Å². The Bertz CT molecular complexity index is 790. The molecule has 1 fully saturated rings. The lowest BCUT2D eigenvalue weighted by molar-refractivity contribution is 0.122. The van der Waals surface area contributed by atoms with Gasteiger partial charge in [-0.05, 0) is 37.1 Å². The highest BCUT2D eigenvalue weighted by Gasteiger charge is 2.21. The van der Waals surface area contributed by atoms with E-state index in [4.69, 9.17) is 9.47 Å². The molecule has 1 aromatic heterocycles. The lowest BCUT2D eigenvalue weighted by Crippen LogP contribution is -2.34. The first-order valence-electron chi connectivity index (χ1n) is 9.25. The molecule has 0 saturated carbocycles. The molecule has 0 bridgehead atoms. The Morgan fingerprint density at radius 3 is 3.08 bits per heavy atom. The first-order chi connectivity index (χ1) is 12.8. The monoisotopic (exact) mass is 351 g/mol. The van der Waals surface area contributed by atoms with Crippen LogP contribution in [0.4, 0.5) is 0 Å². The van der Waals surface area contributed by atoms with E-state index >= 15 is 0 Å². The standard InChI is InChI=1S/C21H25N3O2/c1-16-8-20(23-15-22-16)10-18-12-24(6-7-25-13-18)11-17-9-19-4-2-3-5-21(19)26-14-17/h2-5,8-9,15,18H,6-7,10-14H2,1H3/t18-/m0/s1. The topological polar surface area (TPSA) is 47.5 Å². The summed E-state index contributed by atoms with van der Waals surface area (Å²) in [5.74, 6) is 1.43. The van der Waals surface area contributed by atoms with Crippen molar-refractivity contribution in [3.63, 3.8) is 0 Å². The number of aryl methyl sites for hydroxylation is 1. The van der Waals surface area contributed by atoms with Gasteiger partial charge in [-0.15, -0.1) is 0 Å². The summed E-state index contributed by atoms with van der Waals surface area (Å²) in [4.78, 5) is 11.1.